The zero-order valence-corrected chi connectivity index (χ0v) is 24.6. The van der Waals surface area contributed by atoms with E-state index in [1.54, 1.807) is 4.90 Å². The van der Waals surface area contributed by atoms with Crippen LogP contribution in [0.1, 0.15) is 47.0 Å². The molecule has 1 spiro atoms. The molecule has 2 fully saturated rings. The molecule has 1 N–H and O–H groups in total. The second kappa shape index (κ2) is 12.0. The van der Waals surface area contributed by atoms with Crippen molar-refractivity contribution in [2.24, 2.45) is 17.8 Å². The Hall–Kier alpha value is -3.17. The first-order valence-corrected chi connectivity index (χ1v) is 15.1. The molecule has 7 atom stereocenters. The maximum atomic E-state index is 14.6. The number of fused-ring (bicyclic) bond motifs is 2. The lowest BCUT2D eigenvalue weighted by Crippen LogP contribution is -2.59. The molecule has 0 saturated carbocycles. The molecule has 222 valence electrons. The normalized spacial score (nSPS) is 31.7. The molecule has 2 saturated heterocycles. The molecule has 4 heterocycles. The molecule has 4 aliphatic heterocycles. The summed E-state index contributed by atoms with van der Waals surface area (Å²) in [5, 5.41) is 10.5. The van der Waals surface area contributed by atoms with Crippen LogP contribution >= 0.6 is 0 Å². The Kier molecular flexibility index (Phi) is 8.57. The summed E-state index contributed by atoms with van der Waals surface area (Å²) >= 11 is 0. The van der Waals surface area contributed by atoms with Crippen molar-refractivity contribution >= 4 is 29.2 Å². The van der Waals surface area contributed by atoms with E-state index in [4.69, 9.17) is 9.47 Å². The average Bonchev–Trinajstić information content (AvgIpc) is 3.39. The first kappa shape index (κ1) is 29.3. The van der Waals surface area contributed by atoms with Gasteiger partial charge in [-0.05, 0) is 56.9 Å². The second-order valence-electron chi connectivity index (χ2n) is 11.5. The number of anilines is 2. The molecule has 0 radical (unpaired) electrons. The minimum absolute atomic E-state index is 0.0789. The molecule has 2 amide bonds. The Balaban J connectivity index is 1.60. The fourth-order valence-electron chi connectivity index (χ4n) is 7.03. The van der Waals surface area contributed by atoms with Crippen molar-refractivity contribution < 1.29 is 29.0 Å². The summed E-state index contributed by atoms with van der Waals surface area (Å²) in [6, 6.07) is 6.24. The number of aliphatic hydroxyl groups is 1. The van der Waals surface area contributed by atoms with E-state index >= 15 is 0 Å². The van der Waals surface area contributed by atoms with Gasteiger partial charge in [0.05, 0.1) is 31.3 Å². The highest BCUT2D eigenvalue weighted by atomic mass is 16.6. The minimum atomic E-state index is -1.36. The standard InChI is InChI=1S/C32H43N3O6/c1-5-21(4)24(20-36)35-28-30(38)34(23-15-13-22(14-16-23)33(6-2)7-3)18-11-17-32(28)27(29(35)37)26-25(41-32)12-9-8-10-19-40-31(26)39/h9,11-17,21,24-28,36H,5-8,10,18-20H2,1-4H3/b12-9-/t21-,24-,25+,26-,27-,28?,32-/m0/s1. The first-order chi connectivity index (χ1) is 19.8. The third-order valence-corrected chi connectivity index (χ3v) is 9.42. The number of esters is 1. The molecular formula is C32H43N3O6. The highest BCUT2D eigenvalue weighted by Gasteiger charge is 2.72. The van der Waals surface area contributed by atoms with Gasteiger partial charge in [0, 0.05) is 31.0 Å². The number of allylic oxidation sites excluding steroid dienone is 1. The molecule has 4 aliphatic rings. The number of aliphatic hydroxyl groups excluding tert-OH is 1. The van der Waals surface area contributed by atoms with Crippen molar-refractivity contribution in [2.75, 3.05) is 42.6 Å². The molecule has 9 heteroatoms. The summed E-state index contributed by atoms with van der Waals surface area (Å²) < 4.78 is 12.3. The highest BCUT2D eigenvalue weighted by molar-refractivity contribution is 6.05. The molecule has 1 aromatic carbocycles. The summed E-state index contributed by atoms with van der Waals surface area (Å²) in [5.74, 6) is -3.00. The van der Waals surface area contributed by atoms with Crippen molar-refractivity contribution in [2.45, 2.75) is 70.7 Å². The van der Waals surface area contributed by atoms with Crippen LogP contribution in [0.15, 0.2) is 48.6 Å². The van der Waals surface area contributed by atoms with Crippen molar-refractivity contribution in [1.82, 2.24) is 4.90 Å². The number of cyclic esters (lactones) is 1. The molecule has 5 rings (SSSR count). The van der Waals surface area contributed by atoms with Gasteiger partial charge < -0.3 is 29.3 Å². The Morgan fingerprint density at radius 2 is 1.80 bits per heavy atom. The zero-order valence-electron chi connectivity index (χ0n) is 24.6. The zero-order chi connectivity index (χ0) is 29.3. The molecule has 1 aromatic rings. The number of likely N-dealkylation sites (tertiary alicyclic amines) is 1. The van der Waals surface area contributed by atoms with Gasteiger partial charge in [0.15, 0.2) is 0 Å². The van der Waals surface area contributed by atoms with E-state index in [0.717, 1.165) is 25.2 Å². The molecule has 9 nitrogen and oxygen atoms in total. The third-order valence-electron chi connectivity index (χ3n) is 9.42. The monoisotopic (exact) mass is 565 g/mol. The second-order valence-corrected chi connectivity index (χ2v) is 11.5. The smallest absolute Gasteiger partial charge is 0.312 e. The van der Waals surface area contributed by atoms with Crippen molar-refractivity contribution in [3.8, 4) is 0 Å². The third kappa shape index (κ3) is 4.87. The van der Waals surface area contributed by atoms with Gasteiger partial charge in [0.1, 0.15) is 17.6 Å². The van der Waals surface area contributed by atoms with Gasteiger partial charge in [-0.1, -0.05) is 44.6 Å². The molecule has 0 aromatic heterocycles. The first-order valence-electron chi connectivity index (χ1n) is 15.1. The molecular weight excluding hydrogens is 522 g/mol. The van der Waals surface area contributed by atoms with Gasteiger partial charge in [0.25, 0.3) is 5.91 Å². The van der Waals surface area contributed by atoms with Crippen LogP contribution in [0.3, 0.4) is 0 Å². The maximum absolute atomic E-state index is 14.6. The van der Waals surface area contributed by atoms with Gasteiger partial charge in [-0.2, -0.15) is 0 Å². The van der Waals surface area contributed by atoms with E-state index in [1.807, 2.05) is 62.4 Å². The fraction of sp³-hybridized carbons (Fsp3) is 0.594. The highest BCUT2D eigenvalue weighted by Crippen LogP contribution is 2.54. The lowest BCUT2D eigenvalue weighted by Gasteiger charge is -2.40. The quantitative estimate of drug-likeness (QED) is 0.381. The lowest BCUT2D eigenvalue weighted by molar-refractivity contribution is -0.155. The lowest BCUT2D eigenvalue weighted by atomic mass is 9.78. The van der Waals surface area contributed by atoms with Crippen LogP contribution in [-0.2, 0) is 23.9 Å². The summed E-state index contributed by atoms with van der Waals surface area (Å²) in [5.41, 5.74) is 0.426. The molecule has 1 unspecified atom stereocenters. The van der Waals surface area contributed by atoms with Crippen molar-refractivity contribution in [1.29, 1.82) is 0 Å². The number of ether oxygens (including phenoxy) is 2. The number of hydrogen-bond acceptors (Lipinski definition) is 7. The topological polar surface area (TPSA) is 99.6 Å². The van der Waals surface area contributed by atoms with Crippen LogP contribution in [0.2, 0.25) is 0 Å². The van der Waals surface area contributed by atoms with Crippen molar-refractivity contribution in [3.63, 3.8) is 0 Å². The molecule has 0 bridgehead atoms. The minimum Gasteiger partial charge on any atom is -0.465 e. The summed E-state index contributed by atoms with van der Waals surface area (Å²) in [6.07, 6.45) is 8.96. The van der Waals surface area contributed by atoms with Crippen LogP contribution in [-0.4, -0.2) is 84.4 Å². The number of nitrogens with zero attached hydrogens (tertiary/aromatic N) is 3. The average molecular weight is 566 g/mol. The van der Waals surface area contributed by atoms with Gasteiger partial charge in [0.2, 0.25) is 5.91 Å². The Bertz CT molecular complexity index is 1190. The number of hydrogen-bond donors (Lipinski definition) is 1. The summed E-state index contributed by atoms with van der Waals surface area (Å²) in [4.78, 5) is 47.9. The Morgan fingerprint density at radius 1 is 1.07 bits per heavy atom. The number of benzene rings is 1. The number of rotatable bonds is 8. The van der Waals surface area contributed by atoms with Gasteiger partial charge in [-0.25, -0.2) is 0 Å². The van der Waals surface area contributed by atoms with Crippen LogP contribution in [0.25, 0.3) is 0 Å². The van der Waals surface area contributed by atoms with E-state index in [9.17, 15) is 19.5 Å². The Labute approximate surface area is 242 Å². The maximum Gasteiger partial charge on any atom is 0.312 e. The predicted molar refractivity (Wildman–Crippen MR) is 156 cm³/mol. The number of amides is 2. The van der Waals surface area contributed by atoms with Gasteiger partial charge in [-0.3, -0.25) is 14.4 Å². The summed E-state index contributed by atoms with van der Waals surface area (Å²) in [6.45, 7) is 10.2. The summed E-state index contributed by atoms with van der Waals surface area (Å²) in [7, 11) is 0. The van der Waals surface area contributed by atoms with E-state index in [1.165, 1.54) is 4.90 Å². The van der Waals surface area contributed by atoms with Crippen molar-refractivity contribution in [3.05, 3.63) is 48.6 Å². The number of carbonyl (C=O) groups is 3. The molecule has 41 heavy (non-hydrogen) atoms. The molecule has 0 aliphatic carbocycles. The van der Waals surface area contributed by atoms with E-state index in [-0.39, 0.29) is 30.9 Å². The Morgan fingerprint density at radius 3 is 2.46 bits per heavy atom. The van der Waals surface area contributed by atoms with Crippen LogP contribution < -0.4 is 9.80 Å². The fourth-order valence-corrected chi connectivity index (χ4v) is 7.03. The predicted octanol–water partition coefficient (Wildman–Crippen LogP) is 3.32. The van der Waals surface area contributed by atoms with Crippen LogP contribution in [0.5, 0.6) is 0 Å². The SMILES string of the molecule is CC[C@H](C)[C@H](CO)N1C(=O)[C@@H]2[C@H]3C(=O)OCCC/C=C\[C@H]3O[C@@]23C=CCN(c2ccc(N(CC)CC)cc2)C(=O)C13. The van der Waals surface area contributed by atoms with Crippen LogP contribution in [0, 0.1) is 17.8 Å². The van der Waals surface area contributed by atoms with E-state index in [2.05, 4.69) is 18.7 Å². The van der Waals surface area contributed by atoms with Crippen LogP contribution in [0.4, 0.5) is 11.4 Å². The van der Waals surface area contributed by atoms with E-state index in [0.29, 0.717) is 25.1 Å². The largest absolute Gasteiger partial charge is 0.465 e. The van der Waals surface area contributed by atoms with Gasteiger partial charge >= 0.3 is 5.97 Å². The van der Waals surface area contributed by atoms with Gasteiger partial charge in [-0.15, -0.1) is 0 Å². The van der Waals surface area contributed by atoms with E-state index < -0.39 is 41.6 Å². The number of carbonyl (C=O) groups excluding carboxylic acids is 3.